The van der Waals surface area contributed by atoms with Crippen molar-refractivity contribution in [2.24, 2.45) is 7.05 Å². The van der Waals surface area contributed by atoms with Gasteiger partial charge >= 0.3 is 6.18 Å². The van der Waals surface area contributed by atoms with Crippen molar-refractivity contribution in [2.45, 2.75) is 19.5 Å². The van der Waals surface area contributed by atoms with Crippen molar-refractivity contribution in [2.75, 3.05) is 11.9 Å². The van der Waals surface area contributed by atoms with E-state index in [0.717, 1.165) is 17.1 Å². The minimum Gasteiger partial charge on any atom is -0.363 e. The summed E-state index contributed by atoms with van der Waals surface area (Å²) in [6, 6.07) is 8.67. The number of hydrogen-bond acceptors (Lipinski definition) is 4. The molecule has 0 aliphatic heterocycles. The van der Waals surface area contributed by atoms with Crippen LogP contribution in [0.25, 0.3) is 11.0 Å². The molecule has 0 aliphatic carbocycles. The number of halogens is 3. The van der Waals surface area contributed by atoms with E-state index in [1.54, 1.807) is 17.8 Å². The Morgan fingerprint density at radius 2 is 1.92 bits per heavy atom. The van der Waals surface area contributed by atoms with E-state index < -0.39 is 11.7 Å². The number of aromatic nitrogens is 3. The first-order valence-electron chi connectivity index (χ1n) is 7.96. The van der Waals surface area contributed by atoms with E-state index in [0.29, 0.717) is 11.5 Å². The zero-order valence-corrected chi connectivity index (χ0v) is 14.3. The van der Waals surface area contributed by atoms with Crippen LogP contribution in [0.2, 0.25) is 0 Å². The molecular formula is C18H17F3N4O. The Balaban J connectivity index is 1.69. The quantitative estimate of drug-likeness (QED) is 0.754. The van der Waals surface area contributed by atoms with Crippen molar-refractivity contribution in [1.82, 2.24) is 14.8 Å². The van der Waals surface area contributed by atoms with Gasteiger partial charge < -0.3 is 5.32 Å². The first-order valence-corrected chi connectivity index (χ1v) is 7.96. The van der Waals surface area contributed by atoms with Crippen molar-refractivity contribution in [3.63, 3.8) is 0 Å². The molecule has 0 fully saturated rings. The molecule has 0 amide bonds. The summed E-state index contributed by atoms with van der Waals surface area (Å²) in [6.45, 7) is 1.76. The summed E-state index contributed by atoms with van der Waals surface area (Å²) in [7, 11) is 1.77. The largest absolute Gasteiger partial charge is 0.416 e. The summed E-state index contributed by atoms with van der Waals surface area (Å²) in [4.78, 5) is 16.5. The standard InChI is InChI=1S/C18H17F3N4O/c1-11-14-7-8-16(23-17(14)25(2)24-11)22-10-13(26)9-12-5-3-4-6-15(12)18(19,20)21/h3-8H,9-10H2,1-2H3,(H,22,23). The zero-order chi connectivity index (χ0) is 18.9. The number of carbonyl (C=O) groups excluding carboxylic acids is 1. The number of alkyl halides is 3. The highest BCUT2D eigenvalue weighted by Gasteiger charge is 2.33. The molecule has 3 aromatic rings. The van der Waals surface area contributed by atoms with Gasteiger partial charge in [-0.1, -0.05) is 18.2 Å². The molecule has 0 unspecified atom stereocenters. The van der Waals surface area contributed by atoms with Crippen molar-refractivity contribution >= 4 is 22.6 Å². The van der Waals surface area contributed by atoms with Crippen LogP contribution in [-0.2, 0) is 24.4 Å². The first kappa shape index (κ1) is 17.9. The third-order valence-corrected chi connectivity index (χ3v) is 4.05. The molecule has 0 spiro atoms. The molecule has 1 N–H and O–H groups in total. The van der Waals surface area contributed by atoms with Crippen LogP contribution in [-0.4, -0.2) is 27.1 Å². The Kier molecular flexibility index (Phi) is 4.67. The number of nitrogens with one attached hydrogen (secondary N) is 1. The average molecular weight is 362 g/mol. The Hall–Kier alpha value is -2.90. The number of nitrogens with zero attached hydrogens (tertiary/aromatic N) is 3. The van der Waals surface area contributed by atoms with Crippen LogP contribution in [0.5, 0.6) is 0 Å². The lowest BCUT2D eigenvalue weighted by Crippen LogP contribution is -2.19. The Labute approximate surface area is 147 Å². The molecule has 2 heterocycles. The van der Waals surface area contributed by atoms with Crippen molar-refractivity contribution in [3.05, 3.63) is 53.2 Å². The van der Waals surface area contributed by atoms with Gasteiger partial charge in [0.1, 0.15) is 5.82 Å². The second kappa shape index (κ2) is 6.78. The van der Waals surface area contributed by atoms with Gasteiger partial charge in [-0.2, -0.15) is 18.3 Å². The second-order valence-corrected chi connectivity index (χ2v) is 6.00. The van der Waals surface area contributed by atoms with Crippen LogP contribution in [0.1, 0.15) is 16.8 Å². The molecule has 0 radical (unpaired) electrons. The van der Waals surface area contributed by atoms with Gasteiger partial charge in [-0.3, -0.25) is 9.48 Å². The Morgan fingerprint density at radius 1 is 1.19 bits per heavy atom. The van der Waals surface area contributed by atoms with Gasteiger partial charge in [0, 0.05) is 18.9 Å². The minimum absolute atomic E-state index is 0.0301. The number of rotatable bonds is 5. The fraction of sp³-hybridized carbons (Fsp3) is 0.278. The summed E-state index contributed by atoms with van der Waals surface area (Å²) in [5.41, 5.74) is 0.708. The Bertz CT molecular complexity index is 963. The number of pyridine rings is 1. The van der Waals surface area contributed by atoms with Crippen molar-refractivity contribution < 1.29 is 18.0 Å². The number of hydrogen-bond donors (Lipinski definition) is 1. The van der Waals surface area contributed by atoms with Gasteiger partial charge in [0.25, 0.3) is 0 Å². The lowest BCUT2D eigenvalue weighted by Gasteiger charge is -2.12. The summed E-state index contributed by atoms with van der Waals surface area (Å²) in [6.07, 6.45) is -4.77. The van der Waals surface area contributed by atoms with Crippen LogP contribution in [0.3, 0.4) is 0 Å². The summed E-state index contributed by atoms with van der Waals surface area (Å²) in [5.74, 6) is 0.114. The molecule has 26 heavy (non-hydrogen) atoms. The third-order valence-electron chi connectivity index (χ3n) is 4.05. The van der Waals surface area contributed by atoms with E-state index in [1.165, 1.54) is 18.2 Å². The van der Waals surface area contributed by atoms with Crippen LogP contribution in [0.15, 0.2) is 36.4 Å². The van der Waals surface area contributed by atoms with Crippen LogP contribution in [0.4, 0.5) is 19.0 Å². The van der Waals surface area contributed by atoms with Crippen LogP contribution >= 0.6 is 0 Å². The highest BCUT2D eigenvalue weighted by atomic mass is 19.4. The number of anilines is 1. The average Bonchev–Trinajstić information content (AvgIpc) is 2.86. The fourth-order valence-electron chi connectivity index (χ4n) is 2.82. The second-order valence-electron chi connectivity index (χ2n) is 6.00. The SMILES string of the molecule is Cc1nn(C)c2nc(NCC(=O)Cc3ccccc3C(F)(F)F)ccc12. The molecule has 8 heteroatoms. The fourth-order valence-corrected chi connectivity index (χ4v) is 2.82. The number of fused-ring (bicyclic) bond motifs is 1. The molecule has 0 bridgehead atoms. The van der Waals surface area contributed by atoms with E-state index in [2.05, 4.69) is 15.4 Å². The third kappa shape index (κ3) is 3.68. The monoisotopic (exact) mass is 362 g/mol. The van der Waals surface area contributed by atoms with Crippen molar-refractivity contribution in [1.29, 1.82) is 0 Å². The molecule has 0 saturated heterocycles. The molecule has 2 aromatic heterocycles. The zero-order valence-electron chi connectivity index (χ0n) is 14.3. The lowest BCUT2D eigenvalue weighted by atomic mass is 10.0. The number of ketones is 1. The minimum atomic E-state index is -4.48. The lowest BCUT2D eigenvalue weighted by molar-refractivity contribution is -0.138. The molecule has 1 aromatic carbocycles. The molecule has 5 nitrogen and oxygen atoms in total. The van der Waals surface area contributed by atoms with Gasteiger partial charge in [0.2, 0.25) is 0 Å². The molecule has 0 aliphatic rings. The van der Waals surface area contributed by atoms with Crippen LogP contribution < -0.4 is 5.32 Å². The van der Waals surface area contributed by atoms with Crippen LogP contribution in [0, 0.1) is 6.92 Å². The van der Waals surface area contributed by atoms with Crippen molar-refractivity contribution in [3.8, 4) is 0 Å². The van der Waals surface area contributed by atoms with E-state index in [4.69, 9.17) is 0 Å². The molecule has 0 saturated carbocycles. The predicted octanol–water partition coefficient (Wildman–Crippen LogP) is 3.52. The van der Waals surface area contributed by atoms with E-state index in [9.17, 15) is 18.0 Å². The number of benzene rings is 1. The maximum atomic E-state index is 13.0. The topological polar surface area (TPSA) is 59.8 Å². The van der Waals surface area contributed by atoms with Gasteiger partial charge in [-0.25, -0.2) is 4.98 Å². The Morgan fingerprint density at radius 3 is 2.65 bits per heavy atom. The summed E-state index contributed by atoms with van der Waals surface area (Å²) < 4.78 is 40.6. The maximum absolute atomic E-state index is 13.0. The molecular weight excluding hydrogens is 345 g/mol. The number of Topliss-reactive ketones (excluding diaryl/α,β-unsaturated/α-hetero) is 1. The van der Waals surface area contributed by atoms with E-state index in [-0.39, 0.29) is 24.3 Å². The highest BCUT2D eigenvalue weighted by molar-refractivity contribution is 5.86. The maximum Gasteiger partial charge on any atom is 0.416 e. The van der Waals surface area contributed by atoms with E-state index >= 15 is 0 Å². The van der Waals surface area contributed by atoms with E-state index in [1.807, 2.05) is 13.0 Å². The predicted molar refractivity (Wildman–Crippen MR) is 91.9 cm³/mol. The van der Waals surface area contributed by atoms with Gasteiger partial charge in [-0.15, -0.1) is 0 Å². The molecule has 3 rings (SSSR count). The number of aryl methyl sites for hydroxylation is 2. The summed E-state index contributed by atoms with van der Waals surface area (Å²) in [5, 5.41) is 8.04. The molecule has 0 atom stereocenters. The number of carbonyl (C=O) groups is 1. The summed E-state index contributed by atoms with van der Waals surface area (Å²) >= 11 is 0. The van der Waals surface area contributed by atoms with Gasteiger partial charge in [0.05, 0.1) is 17.8 Å². The smallest absolute Gasteiger partial charge is 0.363 e. The van der Waals surface area contributed by atoms with Gasteiger partial charge in [-0.05, 0) is 30.7 Å². The normalized spacial score (nSPS) is 11.7. The van der Waals surface area contributed by atoms with Gasteiger partial charge in [0.15, 0.2) is 11.4 Å². The first-order chi connectivity index (χ1) is 12.3. The molecule has 136 valence electrons. The highest BCUT2D eigenvalue weighted by Crippen LogP contribution is 2.32.